The summed E-state index contributed by atoms with van der Waals surface area (Å²) in [6.07, 6.45) is 0. The lowest BCUT2D eigenvalue weighted by atomic mass is 10.2. The van der Waals surface area contributed by atoms with Crippen LogP contribution in [0.5, 0.6) is 0 Å². The molecule has 0 aliphatic rings. The molecule has 0 saturated heterocycles. The highest BCUT2D eigenvalue weighted by Gasteiger charge is 1.97. The zero-order valence-electron chi connectivity index (χ0n) is 10.2. The number of rotatable bonds is 4. The molecule has 17 heavy (non-hydrogen) atoms. The van der Waals surface area contributed by atoms with Crippen LogP contribution < -0.4 is 5.32 Å². The third kappa shape index (κ3) is 3.53. The second kappa shape index (κ2) is 5.78. The van der Waals surface area contributed by atoms with E-state index in [2.05, 4.69) is 60.8 Å². The van der Waals surface area contributed by atoms with Gasteiger partial charge in [-0.1, -0.05) is 35.9 Å². The van der Waals surface area contributed by atoms with Crippen LogP contribution in [0.4, 0.5) is 5.69 Å². The molecule has 88 valence electrons. The first-order valence-corrected chi connectivity index (χ1v) is 6.72. The van der Waals surface area contributed by atoms with Crippen molar-refractivity contribution in [1.29, 1.82) is 0 Å². The summed E-state index contributed by atoms with van der Waals surface area (Å²) in [6.45, 7) is 2.12. The molecule has 0 fully saturated rings. The smallest absolute Gasteiger partial charge is 0.0348 e. The average Bonchev–Trinajstić information content (AvgIpc) is 2.38. The number of hydrogen-bond donors (Lipinski definition) is 1. The minimum absolute atomic E-state index is 1.02. The minimum atomic E-state index is 1.02. The van der Waals surface area contributed by atoms with Gasteiger partial charge in [0.25, 0.3) is 0 Å². The van der Waals surface area contributed by atoms with Gasteiger partial charge in [0.05, 0.1) is 0 Å². The van der Waals surface area contributed by atoms with Crippen molar-refractivity contribution < 1.29 is 0 Å². The van der Waals surface area contributed by atoms with E-state index in [9.17, 15) is 0 Å². The summed E-state index contributed by atoms with van der Waals surface area (Å²) in [7, 11) is 1.95. The maximum Gasteiger partial charge on any atom is 0.0348 e. The first-order valence-electron chi connectivity index (χ1n) is 5.74. The van der Waals surface area contributed by atoms with Crippen LogP contribution in [0.1, 0.15) is 11.1 Å². The molecule has 0 aliphatic heterocycles. The molecule has 2 aromatic carbocycles. The molecule has 0 saturated carbocycles. The van der Waals surface area contributed by atoms with E-state index in [1.807, 2.05) is 18.8 Å². The lowest BCUT2D eigenvalue weighted by Crippen LogP contribution is -1.87. The zero-order chi connectivity index (χ0) is 12.1. The molecule has 1 nitrogen and oxygen atoms in total. The third-order valence-electron chi connectivity index (χ3n) is 2.65. The fraction of sp³-hybridized carbons (Fsp3) is 0.200. The Kier molecular flexibility index (Phi) is 4.10. The van der Waals surface area contributed by atoms with Crippen molar-refractivity contribution in [2.75, 3.05) is 12.4 Å². The molecular weight excluding hydrogens is 226 g/mol. The van der Waals surface area contributed by atoms with E-state index < -0.39 is 0 Å². The topological polar surface area (TPSA) is 12.0 Å². The first kappa shape index (κ1) is 12.1. The average molecular weight is 243 g/mol. The monoisotopic (exact) mass is 243 g/mol. The molecule has 2 heteroatoms. The molecular formula is C15H17NS. The number of anilines is 1. The van der Waals surface area contributed by atoms with Crippen molar-refractivity contribution in [3.63, 3.8) is 0 Å². The van der Waals surface area contributed by atoms with Crippen molar-refractivity contribution in [2.24, 2.45) is 0 Å². The van der Waals surface area contributed by atoms with Crippen molar-refractivity contribution in [1.82, 2.24) is 0 Å². The minimum Gasteiger partial charge on any atom is -0.388 e. The number of hydrogen-bond acceptors (Lipinski definition) is 2. The van der Waals surface area contributed by atoms with Crippen molar-refractivity contribution >= 4 is 17.4 Å². The molecule has 2 aromatic rings. The molecule has 2 rings (SSSR count). The van der Waals surface area contributed by atoms with Crippen molar-refractivity contribution in [3.05, 3.63) is 59.7 Å². The van der Waals surface area contributed by atoms with Gasteiger partial charge < -0.3 is 5.32 Å². The molecule has 0 radical (unpaired) electrons. The Labute approximate surface area is 107 Å². The summed E-state index contributed by atoms with van der Waals surface area (Å²) in [4.78, 5) is 1.30. The number of thioether (sulfide) groups is 1. The van der Waals surface area contributed by atoms with E-state index in [-0.39, 0.29) is 0 Å². The van der Waals surface area contributed by atoms with Gasteiger partial charge in [0.1, 0.15) is 0 Å². The van der Waals surface area contributed by atoms with Gasteiger partial charge in [-0.25, -0.2) is 0 Å². The zero-order valence-corrected chi connectivity index (χ0v) is 11.1. The highest BCUT2D eigenvalue weighted by molar-refractivity contribution is 7.98. The van der Waals surface area contributed by atoms with Gasteiger partial charge in [-0.05, 0) is 30.7 Å². The third-order valence-corrected chi connectivity index (χ3v) is 3.71. The number of benzene rings is 2. The predicted molar refractivity (Wildman–Crippen MR) is 76.7 cm³/mol. The predicted octanol–water partition coefficient (Wildman–Crippen LogP) is 4.33. The van der Waals surface area contributed by atoms with Gasteiger partial charge in [-0.15, -0.1) is 11.8 Å². The van der Waals surface area contributed by atoms with Gasteiger partial charge in [0.15, 0.2) is 0 Å². The van der Waals surface area contributed by atoms with Gasteiger partial charge in [0, 0.05) is 23.4 Å². The van der Waals surface area contributed by atoms with E-state index in [1.54, 1.807) is 0 Å². The molecule has 0 heterocycles. The van der Waals surface area contributed by atoms with Crippen LogP contribution >= 0.6 is 11.8 Å². The Bertz CT molecular complexity index is 477. The van der Waals surface area contributed by atoms with Gasteiger partial charge in [-0.3, -0.25) is 0 Å². The molecule has 0 atom stereocenters. The standard InChI is InChI=1S/C15H17NS/c1-12-6-8-13(9-7-12)11-17-15-5-3-4-14(10-15)16-2/h3-10,16H,11H2,1-2H3. The second-order valence-corrected chi connectivity index (χ2v) is 5.10. The van der Waals surface area contributed by atoms with Crippen LogP contribution in [0.3, 0.4) is 0 Å². The molecule has 0 aromatic heterocycles. The highest BCUT2D eigenvalue weighted by Crippen LogP contribution is 2.25. The lowest BCUT2D eigenvalue weighted by Gasteiger charge is -2.05. The Balaban J connectivity index is 1.99. The van der Waals surface area contributed by atoms with Crippen molar-refractivity contribution in [3.8, 4) is 0 Å². The SMILES string of the molecule is CNc1cccc(SCc2ccc(C)cc2)c1. The quantitative estimate of drug-likeness (QED) is 0.802. The van der Waals surface area contributed by atoms with E-state index >= 15 is 0 Å². The van der Waals surface area contributed by atoms with Gasteiger partial charge >= 0.3 is 0 Å². The summed E-state index contributed by atoms with van der Waals surface area (Å²) >= 11 is 1.87. The Hall–Kier alpha value is -1.41. The highest BCUT2D eigenvalue weighted by atomic mass is 32.2. The number of aryl methyl sites for hydroxylation is 1. The molecule has 0 bridgehead atoms. The van der Waals surface area contributed by atoms with Crippen LogP contribution in [-0.2, 0) is 5.75 Å². The summed E-state index contributed by atoms with van der Waals surface area (Å²) in [5, 5.41) is 3.16. The van der Waals surface area contributed by atoms with Crippen LogP contribution in [0.15, 0.2) is 53.4 Å². The lowest BCUT2D eigenvalue weighted by molar-refractivity contribution is 1.35. The van der Waals surface area contributed by atoms with E-state index in [1.165, 1.54) is 21.7 Å². The van der Waals surface area contributed by atoms with Crippen LogP contribution in [0.25, 0.3) is 0 Å². The molecule has 1 N–H and O–H groups in total. The van der Waals surface area contributed by atoms with E-state index in [4.69, 9.17) is 0 Å². The van der Waals surface area contributed by atoms with Crippen LogP contribution in [-0.4, -0.2) is 7.05 Å². The van der Waals surface area contributed by atoms with Crippen molar-refractivity contribution in [2.45, 2.75) is 17.6 Å². The Morgan fingerprint density at radius 3 is 2.53 bits per heavy atom. The summed E-state index contributed by atoms with van der Waals surface area (Å²) in [5.74, 6) is 1.02. The maximum absolute atomic E-state index is 3.16. The largest absolute Gasteiger partial charge is 0.388 e. The summed E-state index contributed by atoms with van der Waals surface area (Å²) in [5.41, 5.74) is 3.85. The Morgan fingerprint density at radius 2 is 1.82 bits per heavy atom. The Morgan fingerprint density at radius 1 is 1.06 bits per heavy atom. The molecule has 0 spiro atoms. The fourth-order valence-corrected chi connectivity index (χ4v) is 2.50. The maximum atomic E-state index is 3.16. The van der Waals surface area contributed by atoms with Crippen LogP contribution in [0, 0.1) is 6.92 Å². The molecule has 0 amide bonds. The molecule has 0 unspecified atom stereocenters. The normalized spacial score (nSPS) is 10.2. The second-order valence-electron chi connectivity index (χ2n) is 4.05. The van der Waals surface area contributed by atoms with Gasteiger partial charge in [-0.2, -0.15) is 0 Å². The molecule has 0 aliphatic carbocycles. The first-order chi connectivity index (χ1) is 8.28. The van der Waals surface area contributed by atoms with Crippen LogP contribution in [0.2, 0.25) is 0 Å². The van der Waals surface area contributed by atoms with E-state index in [0.717, 1.165) is 5.75 Å². The summed E-state index contributed by atoms with van der Waals surface area (Å²) in [6, 6.07) is 17.2. The summed E-state index contributed by atoms with van der Waals surface area (Å²) < 4.78 is 0. The van der Waals surface area contributed by atoms with Gasteiger partial charge in [0.2, 0.25) is 0 Å². The van der Waals surface area contributed by atoms with E-state index in [0.29, 0.717) is 0 Å². The fourth-order valence-electron chi connectivity index (χ4n) is 1.59. The number of nitrogens with one attached hydrogen (secondary N) is 1.